The Kier molecular flexibility index (Phi) is 5.83. The molecule has 2 N–H and O–H groups in total. The molecular formula is C15H10Cl3FeN4O2. The van der Waals surface area contributed by atoms with E-state index in [9.17, 15) is 5.11 Å². The molecule has 2 heterocycles. The summed E-state index contributed by atoms with van der Waals surface area (Å²) in [6, 6.07) is 15.0. The molecule has 0 fully saturated rings. The number of rotatable bonds is 2. The number of aromatic nitrogens is 2. The van der Waals surface area contributed by atoms with Gasteiger partial charge in [0.05, 0.1) is 5.52 Å². The Balaban J connectivity index is 0.000000415. The first-order valence-corrected chi connectivity index (χ1v) is 11.3. The molecule has 0 aliphatic rings. The van der Waals surface area contributed by atoms with Crippen molar-refractivity contribution in [1.29, 1.82) is 0 Å². The van der Waals surface area contributed by atoms with Crippen molar-refractivity contribution in [3.05, 3.63) is 48.5 Å². The van der Waals surface area contributed by atoms with Gasteiger partial charge in [-0.1, -0.05) is 35.4 Å². The second-order valence-electron chi connectivity index (χ2n) is 4.68. The standard InChI is InChI=1S/C15H10N4O2.3ClH.Fe/c20-14-13(9-5-1-2-6-10(9)16-14)18-19-15-17-11-7-3-4-8-12(11)21-15;;;;/h1-8,16,20H;3*1H;/q;;;;+3/p-3. The molecule has 0 saturated heterocycles. The monoisotopic (exact) mass is 439 g/mol. The summed E-state index contributed by atoms with van der Waals surface area (Å²) in [5, 5.41) is 18.7. The molecular weight excluding hydrogens is 430 g/mol. The number of halogens is 3. The Morgan fingerprint density at radius 2 is 1.68 bits per heavy atom. The second kappa shape index (κ2) is 8.08. The summed E-state index contributed by atoms with van der Waals surface area (Å²) in [6.07, 6.45) is 0. The van der Waals surface area contributed by atoms with Crippen LogP contribution in [0.4, 0.5) is 11.7 Å². The predicted octanol–water partition coefficient (Wildman–Crippen LogP) is 6.50. The topological polar surface area (TPSA) is 86.8 Å². The molecule has 131 valence electrons. The summed E-state index contributed by atoms with van der Waals surface area (Å²) >= 11 is -1.33. The summed E-state index contributed by atoms with van der Waals surface area (Å²) in [5.41, 5.74) is 2.53. The summed E-state index contributed by atoms with van der Waals surface area (Å²) in [6.45, 7) is 0. The molecule has 0 aliphatic heterocycles. The number of para-hydroxylation sites is 3. The van der Waals surface area contributed by atoms with Gasteiger partial charge in [-0.15, -0.1) is 5.11 Å². The third kappa shape index (κ3) is 4.45. The van der Waals surface area contributed by atoms with Gasteiger partial charge in [-0.25, -0.2) is 0 Å². The van der Waals surface area contributed by atoms with Crippen molar-refractivity contribution in [2.45, 2.75) is 0 Å². The molecule has 0 aliphatic carbocycles. The number of hydrogen-bond donors (Lipinski definition) is 2. The predicted molar refractivity (Wildman–Crippen MR) is 95.7 cm³/mol. The minimum atomic E-state index is -1.33. The van der Waals surface area contributed by atoms with E-state index in [4.69, 9.17) is 34.7 Å². The number of H-pyrrole nitrogens is 1. The number of aromatic hydroxyl groups is 1. The van der Waals surface area contributed by atoms with Crippen LogP contribution in [0.25, 0.3) is 22.0 Å². The SMILES string of the molecule is Oc1[nH]c2ccccc2c1N=Nc1nc2ccccc2o1.[Cl][Fe]([Cl])[Cl]. The summed E-state index contributed by atoms with van der Waals surface area (Å²) < 4.78 is 5.45. The number of nitrogens with one attached hydrogen (secondary N) is 1. The second-order valence-corrected chi connectivity index (χ2v) is 10.2. The van der Waals surface area contributed by atoms with Crippen LogP contribution < -0.4 is 0 Å². The van der Waals surface area contributed by atoms with E-state index in [0.29, 0.717) is 11.3 Å². The minimum absolute atomic E-state index is 0.0314. The first-order valence-electron chi connectivity index (χ1n) is 6.78. The maximum atomic E-state index is 9.89. The molecule has 6 nitrogen and oxygen atoms in total. The number of fused-ring (bicyclic) bond motifs is 2. The Hall–Kier alpha value is -1.76. The van der Waals surface area contributed by atoms with Crippen LogP contribution in [0.3, 0.4) is 0 Å². The zero-order valence-electron chi connectivity index (χ0n) is 12.3. The molecule has 4 rings (SSSR count). The molecule has 10 heteroatoms. The van der Waals surface area contributed by atoms with Crippen LogP contribution in [0.15, 0.2) is 63.2 Å². The van der Waals surface area contributed by atoms with Gasteiger partial charge < -0.3 is 14.5 Å². The van der Waals surface area contributed by atoms with E-state index in [2.05, 4.69) is 20.2 Å². The van der Waals surface area contributed by atoms with E-state index in [1.54, 1.807) is 0 Å². The van der Waals surface area contributed by atoms with Gasteiger partial charge in [0.15, 0.2) is 11.3 Å². The molecule has 0 atom stereocenters. The van der Waals surface area contributed by atoms with E-state index in [0.717, 1.165) is 16.4 Å². The fourth-order valence-corrected chi connectivity index (χ4v) is 2.21. The first kappa shape index (κ1) is 18.0. The van der Waals surface area contributed by atoms with Gasteiger partial charge in [0.2, 0.25) is 5.88 Å². The van der Waals surface area contributed by atoms with Crippen molar-refractivity contribution < 1.29 is 20.7 Å². The van der Waals surface area contributed by atoms with Crippen molar-refractivity contribution in [3.63, 3.8) is 0 Å². The molecule has 0 radical (unpaired) electrons. The van der Waals surface area contributed by atoms with Gasteiger partial charge in [-0.05, 0) is 18.2 Å². The summed E-state index contributed by atoms with van der Waals surface area (Å²) in [4.78, 5) is 7.04. The molecule has 0 spiro atoms. The zero-order chi connectivity index (χ0) is 17.8. The van der Waals surface area contributed by atoms with Gasteiger partial charge in [0.25, 0.3) is 0 Å². The fraction of sp³-hybridized carbons (Fsp3) is 0. The number of oxazole rings is 1. The van der Waals surface area contributed by atoms with Gasteiger partial charge in [-0.2, -0.15) is 4.98 Å². The fourth-order valence-electron chi connectivity index (χ4n) is 2.21. The third-order valence-electron chi connectivity index (χ3n) is 3.18. The zero-order valence-corrected chi connectivity index (χ0v) is 15.7. The van der Waals surface area contributed by atoms with Crippen molar-refractivity contribution in [2.75, 3.05) is 0 Å². The van der Waals surface area contributed by atoms with E-state index < -0.39 is 11.2 Å². The van der Waals surface area contributed by atoms with Crippen molar-refractivity contribution >= 4 is 64.0 Å². The Labute approximate surface area is 159 Å². The third-order valence-corrected chi connectivity index (χ3v) is 3.18. The summed E-state index contributed by atoms with van der Waals surface area (Å²) in [7, 11) is 14.7. The van der Waals surface area contributed by atoms with E-state index in [1.165, 1.54) is 0 Å². The first-order chi connectivity index (χ1) is 12.0. The van der Waals surface area contributed by atoms with E-state index in [1.807, 2.05) is 48.5 Å². The molecule has 0 amide bonds. The van der Waals surface area contributed by atoms with E-state index in [-0.39, 0.29) is 11.9 Å². The Bertz CT molecular complexity index is 996. The normalized spacial score (nSPS) is 11.7. The van der Waals surface area contributed by atoms with Gasteiger partial charge in [-0.3, -0.25) is 0 Å². The van der Waals surface area contributed by atoms with Crippen molar-refractivity contribution in [3.8, 4) is 5.88 Å². The summed E-state index contributed by atoms with van der Waals surface area (Å²) in [5.74, 6) is -0.0314. The van der Waals surface area contributed by atoms with E-state index >= 15 is 0 Å². The Morgan fingerprint density at radius 3 is 2.44 bits per heavy atom. The van der Waals surface area contributed by atoms with Crippen LogP contribution in [0.2, 0.25) is 0 Å². The maximum absolute atomic E-state index is 9.89. The van der Waals surface area contributed by atoms with Crippen LogP contribution in [0.5, 0.6) is 5.88 Å². The van der Waals surface area contributed by atoms with Gasteiger partial charge >= 0.3 is 47.5 Å². The molecule has 2 aromatic heterocycles. The average Bonchev–Trinajstić information content (AvgIpc) is 3.12. The van der Waals surface area contributed by atoms with Crippen LogP contribution in [-0.2, 0) is 11.2 Å². The van der Waals surface area contributed by atoms with Crippen LogP contribution >= 0.6 is 30.3 Å². The van der Waals surface area contributed by atoms with Crippen molar-refractivity contribution in [2.24, 2.45) is 10.2 Å². The molecule has 2 aromatic carbocycles. The average molecular weight is 440 g/mol. The van der Waals surface area contributed by atoms with Gasteiger partial charge in [0, 0.05) is 5.39 Å². The van der Waals surface area contributed by atoms with Gasteiger partial charge in [0.1, 0.15) is 5.52 Å². The molecule has 0 unspecified atom stereocenters. The molecule has 4 aromatic rings. The number of hydrogen-bond acceptors (Lipinski definition) is 5. The van der Waals surface area contributed by atoms with Crippen LogP contribution in [-0.4, -0.2) is 15.1 Å². The number of nitrogens with zero attached hydrogens (tertiary/aromatic N) is 3. The molecule has 25 heavy (non-hydrogen) atoms. The quantitative estimate of drug-likeness (QED) is 0.276. The van der Waals surface area contributed by atoms with Crippen LogP contribution in [0.1, 0.15) is 0 Å². The number of aromatic amines is 1. The van der Waals surface area contributed by atoms with Crippen LogP contribution in [0, 0.1) is 0 Å². The Morgan fingerprint density at radius 1 is 1.00 bits per heavy atom. The molecule has 0 bridgehead atoms. The number of azo groups is 1. The molecule has 0 saturated carbocycles. The van der Waals surface area contributed by atoms with Crippen molar-refractivity contribution in [1.82, 2.24) is 9.97 Å². The number of benzene rings is 2.